The van der Waals surface area contributed by atoms with Crippen molar-refractivity contribution in [3.63, 3.8) is 0 Å². The minimum absolute atomic E-state index is 0.141. The molecular formula is C25H24N2O4. The molecule has 2 N–H and O–H groups in total. The molecule has 0 radical (unpaired) electrons. The standard InChI is InChI=1S/C25H24N2O4/c1-16(2)23(28)26-20-15-22(31-25(30)19-12-8-5-9-13-19)21(14-17(20)3)27-24(29)18-10-6-4-7-11-18/h4-16H,1-3H3,(H,26,28)(H,27,29). The maximum Gasteiger partial charge on any atom is 0.343 e. The lowest BCUT2D eigenvalue weighted by Gasteiger charge is -2.17. The zero-order valence-corrected chi connectivity index (χ0v) is 17.6. The molecule has 0 saturated carbocycles. The molecule has 3 rings (SSSR count). The Kier molecular flexibility index (Phi) is 6.82. The number of rotatable bonds is 6. The molecule has 0 aliphatic carbocycles. The van der Waals surface area contributed by atoms with E-state index in [0.717, 1.165) is 5.56 Å². The van der Waals surface area contributed by atoms with E-state index in [-0.39, 0.29) is 23.5 Å². The highest BCUT2D eigenvalue weighted by Gasteiger charge is 2.18. The molecule has 6 heteroatoms. The molecule has 3 aromatic rings. The fourth-order valence-electron chi connectivity index (χ4n) is 2.80. The molecule has 31 heavy (non-hydrogen) atoms. The molecule has 0 unspecified atom stereocenters. The topological polar surface area (TPSA) is 84.5 Å². The van der Waals surface area contributed by atoms with Crippen LogP contribution in [0.2, 0.25) is 0 Å². The third-order valence-electron chi connectivity index (χ3n) is 4.61. The van der Waals surface area contributed by atoms with Gasteiger partial charge >= 0.3 is 5.97 Å². The van der Waals surface area contributed by atoms with Gasteiger partial charge in [0.25, 0.3) is 5.91 Å². The predicted octanol–water partition coefficient (Wildman–Crippen LogP) is 5.06. The first-order valence-electron chi connectivity index (χ1n) is 9.94. The lowest BCUT2D eigenvalue weighted by molar-refractivity contribution is -0.118. The number of benzene rings is 3. The molecule has 0 bridgehead atoms. The minimum Gasteiger partial charge on any atom is -0.421 e. The van der Waals surface area contributed by atoms with Crippen molar-refractivity contribution in [2.45, 2.75) is 20.8 Å². The summed E-state index contributed by atoms with van der Waals surface area (Å²) in [7, 11) is 0. The Balaban J connectivity index is 1.95. The van der Waals surface area contributed by atoms with Crippen molar-refractivity contribution < 1.29 is 19.1 Å². The van der Waals surface area contributed by atoms with Crippen LogP contribution in [0.3, 0.4) is 0 Å². The number of amides is 2. The Morgan fingerprint density at radius 3 is 1.94 bits per heavy atom. The Morgan fingerprint density at radius 1 is 0.774 bits per heavy atom. The molecule has 6 nitrogen and oxygen atoms in total. The van der Waals surface area contributed by atoms with E-state index in [0.29, 0.717) is 22.5 Å². The average molecular weight is 416 g/mol. The van der Waals surface area contributed by atoms with Crippen LogP contribution in [0.1, 0.15) is 40.1 Å². The lowest BCUT2D eigenvalue weighted by Crippen LogP contribution is -2.19. The summed E-state index contributed by atoms with van der Waals surface area (Å²) < 4.78 is 5.60. The molecule has 2 amide bonds. The first-order valence-corrected chi connectivity index (χ1v) is 9.94. The van der Waals surface area contributed by atoms with E-state index in [1.54, 1.807) is 87.5 Å². The van der Waals surface area contributed by atoms with E-state index >= 15 is 0 Å². The van der Waals surface area contributed by atoms with E-state index in [4.69, 9.17) is 4.74 Å². The monoisotopic (exact) mass is 416 g/mol. The van der Waals surface area contributed by atoms with Crippen LogP contribution in [0.5, 0.6) is 5.75 Å². The van der Waals surface area contributed by atoms with Gasteiger partial charge in [-0.2, -0.15) is 0 Å². The van der Waals surface area contributed by atoms with Crippen LogP contribution in [0.25, 0.3) is 0 Å². The van der Waals surface area contributed by atoms with Crippen LogP contribution in [-0.2, 0) is 4.79 Å². The van der Waals surface area contributed by atoms with Gasteiger partial charge in [0, 0.05) is 23.2 Å². The highest BCUT2D eigenvalue weighted by atomic mass is 16.5. The van der Waals surface area contributed by atoms with Crippen molar-refractivity contribution >= 4 is 29.2 Å². The van der Waals surface area contributed by atoms with Crippen molar-refractivity contribution in [2.75, 3.05) is 10.6 Å². The highest BCUT2D eigenvalue weighted by molar-refractivity contribution is 6.06. The fraction of sp³-hybridized carbons (Fsp3) is 0.160. The van der Waals surface area contributed by atoms with Crippen molar-refractivity contribution in [1.82, 2.24) is 0 Å². The summed E-state index contributed by atoms with van der Waals surface area (Å²) in [6.45, 7) is 5.38. The third kappa shape index (κ3) is 5.57. The number of esters is 1. The van der Waals surface area contributed by atoms with Gasteiger partial charge in [-0.1, -0.05) is 50.2 Å². The first-order chi connectivity index (χ1) is 14.8. The second-order valence-electron chi connectivity index (χ2n) is 7.38. The number of hydrogen-bond donors (Lipinski definition) is 2. The van der Waals surface area contributed by atoms with E-state index in [2.05, 4.69) is 10.6 Å². The Morgan fingerprint density at radius 2 is 1.35 bits per heavy atom. The van der Waals surface area contributed by atoms with Gasteiger partial charge in [-0.3, -0.25) is 9.59 Å². The van der Waals surface area contributed by atoms with Gasteiger partial charge in [0.05, 0.1) is 11.3 Å². The molecular weight excluding hydrogens is 392 g/mol. The van der Waals surface area contributed by atoms with Crippen molar-refractivity contribution in [2.24, 2.45) is 5.92 Å². The summed E-state index contributed by atoms with van der Waals surface area (Å²) in [6, 6.07) is 20.5. The Bertz CT molecular complexity index is 1090. The van der Waals surface area contributed by atoms with E-state index in [1.165, 1.54) is 0 Å². The van der Waals surface area contributed by atoms with Crippen molar-refractivity contribution in [1.29, 1.82) is 0 Å². The molecule has 0 heterocycles. The van der Waals surface area contributed by atoms with Gasteiger partial charge < -0.3 is 15.4 Å². The Labute approximate surface area is 181 Å². The van der Waals surface area contributed by atoms with Gasteiger partial charge in [-0.15, -0.1) is 0 Å². The van der Waals surface area contributed by atoms with E-state index < -0.39 is 5.97 Å². The quantitative estimate of drug-likeness (QED) is 0.434. The molecule has 0 aliphatic heterocycles. The van der Waals surface area contributed by atoms with Crippen LogP contribution < -0.4 is 15.4 Å². The predicted molar refractivity (Wildman–Crippen MR) is 120 cm³/mol. The van der Waals surface area contributed by atoms with Gasteiger partial charge in [0.1, 0.15) is 0 Å². The lowest BCUT2D eigenvalue weighted by atomic mass is 10.1. The first kappa shape index (κ1) is 21.8. The van der Waals surface area contributed by atoms with Gasteiger partial charge in [0.2, 0.25) is 5.91 Å². The molecule has 0 fully saturated rings. The molecule has 3 aromatic carbocycles. The summed E-state index contributed by atoms with van der Waals surface area (Å²) in [5.41, 5.74) is 2.40. The largest absolute Gasteiger partial charge is 0.421 e. The summed E-state index contributed by atoms with van der Waals surface area (Å²) in [6.07, 6.45) is 0. The van der Waals surface area contributed by atoms with E-state index in [1.807, 2.05) is 6.07 Å². The summed E-state index contributed by atoms with van der Waals surface area (Å²) in [5.74, 6) is -1.14. The summed E-state index contributed by atoms with van der Waals surface area (Å²) in [4.78, 5) is 37.5. The zero-order valence-electron chi connectivity index (χ0n) is 17.6. The third-order valence-corrected chi connectivity index (χ3v) is 4.61. The summed E-state index contributed by atoms with van der Waals surface area (Å²) in [5, 5.41) is 5.63. The molecule has 0 spiro atoms. The van der Waals surface area contributed by atoms with Gasteiger partial charge in [-0.25, -0.2) is 4.79 Å². The molecule has 0 atom stereocenters. The maximum absolute atomic E-state index is 12.7. The van der Waals surface area contributed by atoms with Gasteiger partial charge in [0.15, 0.2) is 5.75 Å². The minimum atomic E-state index is -0.569. The number of nitrogens with one attached hydrogen (secondary N) is 2. The number of ether oxygens (including phenoxy) is 1. The molecule has 0 saturated heterocycles. The van der Waals surface area contributed by atoms with Crippen LogP contribution in [-0.4, -0.2) is 17.8 Å². The van der Waals surface area contributed by atoms with Crippen LogP contribution >= 0.6 is 0 Å². The highest BCUT2D eigenvalue weighted by Crippen LogP contribution is 2.33. The van der Waals surface area contributed by atoms with Gasteiger partial charge in [-0.05, 0) is 42.8 Å². The van der Waals surface area contributed by atoms with Crippen molar-refractivity contribution in [3.05, 3.63) is 89.5 Å². The maximum atomic E-state index is 12.7. The van der Waals surface area contributed by atoms with E-state index in [9.17, 15) is 14.4 Å². The van der Waals surface area contributed by atoms with Crippen LogP contribution in [0.4, 0.5) is 11.4 Å². The molecule has 158 valence electrons. The number of carbonyl (C=O) groups is 3. The zero-order chi connectivity index (χ0) is 22.4. The summed E-state index contributed by atoms with van der Waals surface area (Å²) >= 11 is 0. The molecule has 0 aliphatic rings. The number of carbonyl (C=O) groups excluding carboxylic acids is 3. The average Bonchev–Trinajstić information content (AvgIpc) is 2.77. The van der Waals surface area contributed by atoms with Crippen molar-refractivity contribution in [3.8, 4) is 5.75 Å². The van der Waals surface area contributed by atoms with Crippen LogP contribution in [0.15, 0.2) is 72.8 Å². The number of hydrogen-bond acceptors (Lipinski definition) is 4. The molecule has 0 aromatic heterocycles. The smallest absolute Gasteiger partial charge is 0.343 e. The van der Waals surface area contributed by atoms with Crippen LogP contribution in [0, 0.1) is 12.8 Å². The fourth-order valence-corrected chi connectivity index (χ4v) is 2.80. The second kappa shape index (κ2) is 9.71. The SMILES string of the molecule is Cc1cc(NC(=O)c2ccccc2)c(OC(=O)c2ccccc2)cc1NC(=O)C(C)C. The number of aryl methyl sites for hydroxylation is 1. The second-order valence-corrected chi connectivity index (χ2v) is 7.38. The Hall–Kier alpha value is -3.93. The normalized spacial score (nSPS) is 10.5. The number of anilines is 2.